The number of β-amino-alcohol motifs (C(OH)–C–C–N with tert-alkyl or cyclic N) is 1. The van der Waals surface area contributed by atoms with Gasteiger partial charge in [0.2, 0.25) is 0 Å². The molecule has 1 aliphatic heterocycles. The van der Waals surface area contributed by atoms with Gasteiger partial charge in [-0.1, -0.05) is 12.1 Å². The van der Waals surface area contributed by atoms with Crippen LogP contribution in [0.1, 0.15) is 33.3 Å². The van der Waals surface area contributed by atoms with Gasteiger partial charge in [0.15, 0.2) is 0 Å². The Labute approximate surface area is 203 Å². The Kier molecular flexibility index (Phi) is 9.71. The minimum absolute atomic E-state index is 0.0751. The van der Waals surface area contributed by atoms with Gasteiger partial charge in [-0.15, -0.1) is 0 Å². The number of rotatable bonds is 11. The van der Waals surface area contributed by atoms with Crippen LogP contribution in [0.4, 0.5) is 4.39 Å². The lowest BCUT2D eigenvalue weighted by Crippen LogP contribution is -2.48. The van der Waals surface area contributed by atoms with Gasteiger partial charge in [-0.25, -0.2) is 4.39 Å². The Morgan fingerprint density at radius 3 is 2.26 bits per heavy atom. The zero-order valence-electron chi connectivity index (χ0n) is 20.9. The van der Waals surface area contributed by atoms with Gasteiger partial charge in [-0.3, -0.25) is 9.80 Å². The zero-order valence-corrected chi connectivity index (χ0v) is 20.9. The van der Waals surface area contributed by atoms with E-state index in [0.29, 0.717) is 44.1 Å². The number of nitrogens with zero attached hydrogens (tertiary/aromatic N) is 2. The van der Waals surface area contributed by atoms with Crippen LogP contribution in [0.15, 0.2) is 48.5 Å². The molecule has 34 heavy (non-hydrogen) atoms. The molecule has 0 radical (unpaired) electrons. The number of hydrogen-bond acceptors (Lipinski definition) is 6. The molecule has 1 fully saturated rings. The normalized spacial score (nSPS) is 19.6. The van der Waals surface area contributed by atoms with Crippen LogP contribution >= 0.6 is 0 Å². The van der Waals surface area contributed by atoms with Gasteiger partial charge in [0.25, 0.3) is 0 Å². The fourth-order valence-corrected chi connectivity index (χ4v) is 4.30. The summed E-state index contributed by atoms with van der Waals surface area (Å²) in [5.74, 6) is 1.06. The third-order valence-electron chi connectivity index (χ3n) is 6.04. The van der Waals surface area contributed by atoms with E-state index in [1.807, 2.05) is 12.1 Å². The fraction of sp³-hybridized carbons (Fsp3) is 0.556. The van der Waals surface area contributed by atoms with Crippen molar-refractivity contribution in [3.05, 3.63) is 59.9 Å². The Morgan fingerprint density at radius 1 is 1.00 bits per heavy atom. The highest BCUT2D eigenvalue weighted by atomic mass is 19.1. The van der Waals surface area contributed by atoms with Crippen molar-refractivity contribution in [2.45, 2.75) is 51.9 Å². The van der Waals surface area contributed by atoms with Crippen molar-refractivity contribution in [3.63, 3.8) is 0 Å². The summed E-state index contributed by atoms with van der Waals surface area (Å²) < 4.78 is 30.4. The molecule has 1 aliphatic rings. The van der Waals surface area contributed by atoms with Crippen LogP contribution in [0.2, 0.25) is 0 Å². The lowest BCUT2D eigenvalue weighted by atomic mass is 10.1. The number of aliphatic hydroxyl groups is 1. The topological polar surface area (TPSA) is 54.4 Å². The first-order valence-electron chi connectivity index (χ1n) is 12.1. The Bertz CT molecular complexity index is 852. The number of halogens is 1. The summed E-state index contributed by atoms with van der Waals surface area (Å²) in [6.45, 7) is 13.0. The van der Waals surface area contributed by atoms with Gasteiger partial charge in [0.05, 0.1) is 13.2 Å². The quantitative estimate of drug-likeness (QED) is 0.532. The Hall–Kier alpha value is -2.19. The first kappa shape index (κ1) is 26.4. The summed E-state index contributed by atoms with van der Waals surface area (Å²) in [6.07, 6.45) is 0. The third kappa shape index (κ3) is 8.24. The second kappa shape index (κ2) is 12.5. The highest BCUT2D eigenvalue weighted by Crippen LogP contribution is 2.20. The molecule has 6 nitrogen and oxygen atoms in total. The summed E-state index contributed by atoms with van der Waals surface area (Å²) in [4.78, 5) is 4.58. The van der Waals surface area contributed by atoms with Crippen molar-refractivity contribution in [1.82, 2.24) is 9.80 Å². The van der Waals surface area contributed by atoms with E-state index in [-0.39, 0.29) is 19.0 Å². The maximum absolute atomic E-state index is 13.1. The van der Waals surface area contributed by atoms with E-state index in [1.54, 1.807) is 12.1 Å². The number of benzene rings is 2. The van der Waals surface area contributed by atoms with Gasteiger partial charge in [0, 0.05) is 38.3 Å². The van der Waals surface area contributed by atoms with Gasteiger partial charge >= 0.3 is 0 Å². The van der Waals surface area contributed by atoms with Crippen LogP contribution in [0.5, 0.6) is 11.5 Å². The van der Waals surface area contributed by atoms with Gasteiger partial charge < -0.3 is 19.3 Å². The highest BCUT2D eigenvalue weighted by molar-refractivity contribution is 5.27. The molecule has 1 saturated heterocycles. The minimum Gasteiger partial charge on any atom is -0.492 e. The van der Waals surface area contributed by atoms with Gasteiger partial charge in [-0.2, -0.15) is 0 Å². The van der Waals surface area contributed by atoms with Crippen molar-refractivity contribution >= 4 is 0 Å². The molecule has 0 aliphatic carbocycles. The second-order valence-corrected chi connectivity index (χ2v) is 9.65. The SMILES string of the molecule is CC(C)N(CCOc1ccc(CN2CCOCC(O)(COc3ccc(F)cc3)C2)cc1)C(C)C. The number of ether oxygens (including phenoxy) is 3. The molecular weight excluding hydrogens is 435 g/mol. The van der Waals surface area contributed by atoms with Crippen molar-refractivity contribution in [3.8, 4) is 11.5 Å². The average molecular weight is 475 g/mol. The molecule has 1 N–H and O–H groups in total. The van der Waals surface area contributed by atoms with Gasteiger partial charge in [0.1, 0.15) is 36.1 Å². The van der Waals surface area contributed by atoms with Crippen molar-refractivity contribution in [2.24, 2.45) is 0 Å². The Morgan fingerprint density at radius 2 is 1.62 bits per heavy atom. The van der Waals surface area contributed by atoms with E-state index >= 15 is 0 Å². The van der Waals surface area contributed by atoms with Crippen molar-refractivity contribution in [1.29, 1.82) is 0 Å². The second-order valence-electron chi connectivity index (χ2n) is 9.65. The Balaban J connectivity index is 1.50. The third-order valence-corrected chi connectivity index (χ3v) is 6.04. The number of hydrogen-bond donors (Lipinski definition) is 1. The maximum Gasteiger partial charge on any atom is 0.134 e. The highest BCUT2D eigenvalue weighted by Gasteiger charge is 2.33. The standard InChI is InChI=1S/C27H39FN2O4/c1-21(2)30(22(3)4)14-16-33-25-9-5-23(6-10-25)17-29-13-15-32-19-27(31,18-29)20-34-26-11-7-24(28)8-12-26/h5-12,21-22,31H,13-20H2,1-4H3. The molecule has 0 bridgehead atoms. The molecule has 7 heteroatoms. The predicted octanol–water partition coefficient (Wildman–Crippen LogP) is 3.97. The summed E-state index contributed by atoms with van der Waals surface area (Å²) in [6, 6.07) is 14.9. The van der Waals surface area contributed by atoms with E-state index in [0.717, 1.165) is 24.4 Å². The zero-order chi connectivity index (χ0) is 24.6. The molecule has 0 amide bonds. The van der Waals surface area contributed by atoms with E-state index in [1.165, 1.54) is 12.1 Å². The van der Waals surface area contributed by atoms with Crippen LogP contribution in [-0.2, 0) is 11.3 Å². The molecule has 0 saturated carbocycles. The van der Waals surface area contributed by atoms with Crippen LogP contribution < -0.4 is 9.47 Å². The molecule has 1 atom stereocenters. The lowest BCUT2D eigenvalue weighted by Gasteiger charge is -2.30. The van der Waals surface area contributed by atoms with E-state index in [9.17, 15) is 9.50 Å². The van der Waals surface area contributed by atoms with Crippen LogP contribution in [0.3, 0.4) is 0 Å². The van der Waals surface area contributed by atoms with Crippen LogP contribution in [-0.4, -0.2) is 78.7 Å². The van der Waals surface area contributed by atoms with E-state index in [2.05, 4.69) is 49.6 Å². The molecule has 3 rings (SSSR count). The van der Waals surface area contributed by atoms with Crippen LogP contribution in [0, 0.1) is 5.82 Å². The average Bonchev–Trinajstić information content (AvgIpc) is 2.98. The first-order chi connectivity index (χ1) is 16.2. The molecule has 1 heterocycles. The summed E-state index contributed by atoms with van der Waals surface area (Å²) in [7, 11) is 0. The summed E-state index contributed by atoms with van der Waals surface area (Å²) in [5, 5.41) is 11.1. The smallest absolute Gasteiger partial charge is 0.134 e. The molecule has 188 valence electrons. The molecule has 2 aromatic rings. The van der Waals surface area contributed by atoms with E-state index < -0.39 is 5.60 Å². The van der Waals surface area contributed by atoms with Crippen molar-refractivity contribution < 1.29 is 23.7 Å². The summed E-state index contributed by atoms with van der Waals surface area (Å²) >= 11 is 0. The first-order valence-corrected chi connectivity index (χ1v) is 12.1. The maximum atomic E-state index is 13.1. The van der Waals surface area contributed by atoms with Crippen LogP contribution in [0.25, 0.3) is 0 Å². The minimum atomic E-state index is -1.15. The largest absolute Gasteiger partial charge is 0.492 e. The summed E-state index contributed by atoms with van der Waals surface area (Å²) in [5.41, 5.74) is -0.00541. The molecular formula is C27H39FN2O4. The molecule has 0 spiro atoms. The molecule has 2 aromatic carbocycles. The lowest BCUT2D eigenvalue weighted by molar-refractivity contribution is -0.0646. The van der Waals surface area contributed by atoms with E-state index in [4.69, 9.17) is 14.2 Å². The van der Waals surface area contributed by atoms with Crippen molar-refractivity contribution in [2.75, 3.05) is 46.1 Å². The predicted molar refractivity (Wildman–Crippen MR) is 132 cm³/mol. The van der Waals surface area contributed by atoms with Gasteiger partial charge in [-0.05, 0) is 69.7 Å². The fourth-order valence-electron chi connectivity index (χ4n) is 4.30. The monoisotopic (exact) mass is 474 g/mol. The molecule has 0 aromatic heterocycles. The molecule has 1 unspecified atom stereocenters.